The lowest BCUT2D eigenvalue weighted by Crippen LogP contribution is -2.50. The minimum Gasteiger partial charge on any atom is -0.484 e. The third kappa shape index (κ3) is 2.62. The molecular formula is C13H12F3N3O. The average molecular weight is 283 g/mol. The van der Waals surface area contributed by atoms with Gasteiger partial charge in [0, 0.05) is 13.1 Å². The van der Waals surface area contributed by atoms with Crippen molar-refractivity contribution in [2.24, 2.45) is 0 Å². The molecule has 0 unspecified atom stereocenters. The van der Waals surface area contributed by atoms with Crippen LogP contribution in [0.4, 0.5) is 13.2 Å². The van der Waals surface area contributed by atoms with E-state index in [1.807, 2.05) is 0 Å². The van der Waals surface area contributed by atoms with Gasteiger partial charge in [-0.15, -0.1) is 0 Å². The normalized spacial score (nSPS) is 15.9. The van der Waals surface area contributed by atoms with Crippen molar-refractivity contribution in [3.8, 4) is 11.4 Å². The van der Waals surface area contributed by atoms with Gasteiger partial charge in [0.1, 0.15) is 6.10 Å². The van der Waals surface area contributed by atoms with Crippen LogP contribution in [0.2, 0.25) is 0 Å². The van der Waals surface area contributed by atoms with Crippen LogP contribution in [0.25, 0.3) is 5.69 Å². The summed E-state index contributed by atoms with van der Waals surface area (Å²) in [5, 5.41) is 7.09. The highest BCUT2D eigenvalue weighted by Crippen LogP contribution is 2.30. The van der Waals surface area contributed by atoms with Crippen molar-refractivity contribution in [1.29, 1.82) is 0 Å². The fourth-order valence-electron chi connectivity index (χ4n) is 1.87. The number of nitrogens with zero attached hydrogens (tertiary/aromatic N) is 2. The van der Waals surface area contributed by atoms with Gasteiger partial charge in [0.25, 0.3) is 0 Å². The first-order valence-electron chi connectivity index (χ1n) is 6.12. The molecule has 1 N–H and O–H groups in total. The second kappa shape index (κ2) is 4.82. The van der Waals surface area contributed by atoms with Crippen molar-refractivity contribution in [2.45, 2.75) is 12.3 Å². The van der Waals surface area contributed by atoms with Gasteiger partial charge < -0.3 is 10.1 Å². The maximum Gasteiger partial charge on any atom is 0.416 e. The monoisotopic (exact) mass is 283 g/mol. The average Bonchev–Trinajstić information content (AvgIpc) is 2.82. The molecule has 20 heavy (non-hydrogen) atoms. The van der Waals surface area contributed by atoms with E-state index in [0.717, 1.165) is 25.2 Å². The van der Waals surface area contributed by atoms with Crippen LogP contribution in [0.15, 0.2) is 36.7 Å². The molecule has 1 aromatic heterocycles. The van der Waals surface area contributed by atoms with Gasteiger partial charge in [0.05, 0.1) is 23.6 Å². The Kier molecular flexibility index (Phi) is 3.13. The van der Waals surface area contributed by atoms with E-state index in [-0.39, 0.29) is 6.10 Å². The number of nitrogens with one attached hydrogen (secondary N) is 1. The van der Waals surface area contributed by atoms with Crippen molar-refractivity contribution in [3.63, 3.8) is 0 Å². The van der Waals surface area contributed by atoms with E-state index in [1.165, 1.54) is 16.9 Å². The van der Waals surface area contributed by atoms with E-state index in [9.17, 15) is 13.2 Å². The van der Waals surface area contributed by atoms with Crippen molar-refractivity contribution in [3.05, 3.63) is 42.2 Å². The highest BCUT2D eigenvalue weighted by Gasteiger charge is 2.30. The molecule has 0 spiro atoms. The SMILES string of the molecule is FC(F)(F)c1cccc(-n2cc(OC3CNC3)cn2)c1. The topological polar surface area (TPSA) is 39.1 Å². The summed E-state index contributed by atoms with van der Waals surface area (Å²) < 4.78 is 44.9. The molecule has 0 saturated carbocycles. The maximum absolute atomic E-state index is 12.7. The van der Waals surface area contributed by atoms with Crippen LogP contribution in [-0.4, -0.2) is 29.0 Å². The van der Waals surface area contributed by atoms with Gasteiger partial charge in [0.2, 0.25) is 0 Å². The molecule has 0 radical (unpaired) electrons. The molecule has 0 bridgehead atoms. The van der Waals surface area contributed by atoms with Crippen LogP contribution < -0.4 is 10.1 Å². The predicted molar refractivity (Wildman–Crippen MR) is 65.9 cm³/mol. The van der Waals surface area contributed by atoms with Crippen molar-refractivity contribution < 1.29 is 17.9 Å². The Morgan fingerprint density at radius 1 is 1.30 bits per heavy atom. The zero-order valence-electron chi connectivity index (χ0n) is 10.4. The van der Waals surface area contributed by atoms with E-state index < -0.39 is 11.7 Å². The lowest BCUT2D eigenvalue weighted by molar-refractivity contribution is -0.137. The molecule has 7 heteroatoms. The van der Waals surface area contributed by atoms with Crippen LogP contribution in [-0.2, 0) is 6.18 Å². The molecule has 3 rings (SSSR count). The Hall–Kier alpha value is -2.02. The predicted octanol–water partition coefficient (Wildman–Crippen LogP) is 2.24. The summed E-state index contributed by atoms with van der Waals surface area (Å²) in [6.07, 6.45) is -1.18. The fourth-order valence-corrected chi connectivity index (χ4v) is 1.87. The minimum atomic E-state index is -4.36. The Labute approximate surface area is 113 Å². The number of hydrogen-bond donors (Lipinski definition) is 1. The van der Waals surface area contributed by atoms with Crippen LogP contribution in [0, 0.1) is 0 Å². The minimum absolute atomic E-state index is 0.106. The maximum atomic E-state index is 12.7. The van der Waals surface area contributed by atoms with Gasteiger partial charge in [-0.05, 0) is 18.2 Å². The number of rotatable bonds is 3. The zero-order valence-corrected chi connectivity index (χ0v) is 10.4. The summed E-state index contributed by atoms with van der Waals surface area (Å²) in [4.78, 5) is 0. The molecule has 1 aromatic carbocycles. The van der Waals surface area contributed by atoms with Gasteiger partial charge in [-0.1, -0.05) is 6.07 Å². The molecule has 2 heterocycles. The summed E-state index contributed by atoms with van der Waals surface area (Å²) in [5.74, 6) is 0.550. The molecular weight excluding hydrogens is 271 g/mol. The Morgan fingerprint density at radius 3 is 2.75 bits per heavy atom. The fraction of sp³-hybridized carbons (Fsp3) is 0.308. The zero-order chi connectivity index (χ0) is 14.2. The molecule has 0 amide bonds. The molecule has 106 valence electrons. The lowest BCUT2D eigenvalue weighted by Gasteiger charge is -2.26. The first kappa shape index (κ1) is 13.0. The first-order chi connectivity index (χ1) is 9.52. The number of alkyl halides is 3. The van der Waals surface area contributed by atoms with Gasteiger partial charge in [-0.25, -0.2) is 4.68 Å². The van der Waals surface area contributed by atoms with E-state index in [0.29, 0.717) is 11.4 Å². The Morgan fingerprint density at radius 2 is 2.10 bits per heavy atom. The second-order valence-electron chi connectivity index (χ2n) is 4.57. The number of benzene rings is 1. The molecule has 1 fully saturated rings. The Bertz CT molecular complexity index is 605. The second-order valence-corrected chi connectivity index (χ2v) is 4.57. The summed E-state index contributed by atoms with van der Waals surface area (Å²) in [6.45, 7) is 1.55. The third-order valence-corrected chi connectivity index (χ3v) is 3.04. The van der Waals surface area contributed by atoms with Crippen LogP contribution in [0.5, 0.6) is 5.75 Å². The summed E-state index contributed by atoms with van der Waals surface area (Å²) in [5.41, 5.74) is -0.349. The molecule has 1 aliphatic heterocycles. The van der Waals surface area contributed by atoms with Gasteiger partial charge in [-0.3, -0.25) is 0 Å². The Balaban J connectivity index is 1.81. The third-order valence-electron chi connectivity index (χ3n) is 3.04. The largest absolute Gasteiger partial charge is 0.484 e. The molecule has 0 aliphatic carbocycles. The van der Waals surface area contributed by atoms with Crippen molar-refractivity contribution in [2.75, 3.05) is 13.1 Å². The van der Waals surface area contributed by atoms with Gasteiger partial charge >= 0.3 is 6.18 Å². The van der Waals surface area contributed by atoms with Crippen LogP contribution in [0.1, 0.15) is 5.56 Å². The highest BCUT2D eigenvalue weighted by atomic mass is 19.4. The van der Waals surface area contributed by atoms with Crippen molar-refractivity contribution >= 4 is 0 Å². The van der Waals surface area contributed by atoms with Gasteiger partial charge in [0.15, 0.2) is 5.75 Å². The molecule has 1 aliphatic rings. The number of halogens is 3. The summed E-state index contributed by atoms with van der Waals surface area (Å²) in [6, 6.07) is 5.01. The molecule has 0 atom stereocenters. The number of ether oxygens (including phenoxy) is 1. The summed E-state index contributed by atoms with van der Waals surface area (Å²) >= 11 is 0. The number of aromatic nitrogens is 2. The molecule has 1 saturated heterocycles. The molecule has 4 nitrogen and oxygen atoms in total. The van der Waals surface area contributed by atoms with E-state index in [1.54, 1.807) is 12.3 Å². The van der Waals surface area contributed by atoms with E-state index in [2.05, 4.69) is 10.4 Å². The van der Waals surface area contributed by atoms with Gasteiger partial charge in [-0.2, -0.15) is 18.3 Å². The van der Waals surface area contributed by atoms with E-state index in [4.69, 9.17) is 4.74 Å². The summed E-state index contributed by atoms with van der Waals surface area (Å²) in [7, 11) is 0. The lowest BCUT2D eigenvalue weighted by atomic mass is 10.2. The highest BCUT2D eigenvalue weighted by molar-refractivity contribution is 5.37. The molecule has 2 aromatic rings. The number of hydrogen-bond acceptors (Lipinski definition) is 3. The van der Waals surface area contributed by atoms with Crippen molar-refractivity contribution in [1.82, 2.24) is 15.1 Å². The smallest absolute Gasteiger partial charge is 0.416 e. The van der Waals surface area contributed by atoms with Crippen LogP contribution >= 0.6 is 0 Å². The van der Waals surface area contributed by atoms with Crippen LogP contribution in [0.3, 0.4) is 0 Å². The standard InChI is InChI=1S/C13H12F3N3O/c14-13(15,16)9-2-1-3-10(4-9)19-8-12(7-18-19)20-11-5-17-6-11/h1-4,7-8,11,17H,5-6H2. The quantitative estimate of drug-likeness (QED) is 0.939. The first-order valence-corrected chi connectivity index (χ1v) is 6.12. The van der Waals surface area contributed by atoms with E-state index >= 15 is 0 Å².